The number of nitrogens with zero attached hydrogens (tertiary/aromatic N) is 2. The van der Waals surface area contributed by atoms with Gasteiger partial charge >= 0.3 is 6.18 Å². The van der Waals surface area contributed by atoms with E-state index in [0.29, 0.717) is 23.4 Å². The molecule has 0 unspecified atom stereocenters. The number of nitrogen functional groups attached to an aromatic ring is 1. The van der Waals surface area contributed by atoms with Gasteiger partial charge in [0, 0.05) is 17.3 Å². The van der Waals surface area contributed by atoms with Crippen LogP contribution in [0.15, 0.2) is 59.4 Å². The van der Waals surface area contributed by atoms with Gasteiger partial charge in [-0.15, -0.1) is 0 Å². The van der Waals surface area contributed by atoms with E-state index < -0.39 is 17.3 Å². The van der Waals surface area contributed by atoms with Crippen LogP contribution in [0.1, 0.15) is 18.2 Å². The molecule has 0 bridgehead atoms. The molecular formula is C19H16F3N3O. The Morgan fingerprint density at radius 3 is 2.35 bits per heavy atom. The predicted molar refractivity (Wildman–Crippen MR) is 94.1 cm³/mol. The summed E-state index contributed by atoms with van der Waals surface area (Å²) < 4.78 is 39.2. The Morgan fingerprint density at radius 1 is 1.08 bits per heavy atom. The normalized spacial score (nSPS) is 11.5. The highest BCUT2D eigenvalue weighted by Gasteiger charge is 2.30. The molecule has 0 saturated carbocycles. The first-order chi connectivity index (χ1) is 12.3. The second-order valence-corrected chi connectivity index (χ2v) is 5.78. The molecule has 1 heterocycles. The van der Waals surface area contributed by atoms with Crippen LogP contribution in [0.5, 0.6) is 0 Å². The van der Waals surface area contributed by atoms with Gasteiger partial charge in [-0.3, -0.25) is 4.79 Å². The lowest BCUT2D eigenvalue weighted by atomic mass is 10.0. The van der Waals surface area contributed by atoms with Gasteiger partial charge in [-0.25, -0.2) is 0 Å². The number of hydrogen-bond acceptors (Lipinski definition) is 3. The highest BCUT2D eigenvalue weighted by molar-refractivity contribution is 5.69. The van der Waals surface area contributed by atoms with Gasteiger partial charge < -0.3 is 5.73 Å². The predicted octanol–water partition coefficient (Wildman–Crippen LogP) is 4.06. The van der Waals surface area contributed by atoms with Gasteiger partial charge in [-0.2, -0.15) is 23.0 Å². The van der Waals surface area contributed by atoms with Crippen molar-refractivity contribution in [2.24, 2.45) is 0 Å². The first kappa shape index (κ1) is 17.7. The quantitative estimate of drug-likeness (QED) is 0.718. The lowest BCUT2D eigenvalue weighted by Crippen LogP contribution is -2.22. The fraction of sp³-hybridized carbons (Fsp3) is 0.158. The number of aromatic nitrogens is 2. The molecule has 3 rings (SSSR count). The largest absolute Gasteiger partial charge is 0.416 e. The molecule has 3 aromatic rings. The second kappa shape index (κ2) is 6.67. The van der Waals surface area contributed by atoms with Crippen molar-refractivity contribution in [3.05, 3.63) is 76.2 Å². The van der Waals surface area contributed by atoms with Crippen molar-refractivity contribution in [2.45, 2.75) is 19.5 Å². The van der Waals surface area contributed by atoms with E-state index in [2.05, 4.69) is 5.10 Å². The summed E-state index contributed by atoms with van der Waals surface area (Å²) in [6.45, 7) is 1.89. The van der Waals surface area contributed by atoms with Crippen LogP contribution in [0.3, 0.4) is 0 Å². The van der Waals surface area contributed by atoms with Gasteiger partial charge in [-0.1, -0.05) is 19.1 Å². The molecule has 26 heavy (non-hydrogen) atoms. The molecule has 0 radical (unpaired) electrons. The van der Waals surface area contributed by atoms with E-state index in [9.17, 15) is 18.0 Å². The maximum Gasteiger partial charge on any atom is 0.416 e. The van der Waals surface area contributed by atoms with Crippen molar-refractivity contribution >= 4 is 5.69 Å². The van der Waals surface area contributed by atoms with Gasteiger partial charge in [0.2, 0.25) is 0 Å². The summed E-state index contributed by atoms with van der Waals surface area (Å²) >= 11 is 0. The fourth-order valence-electron chi connectivity index (χ4n) is 2.69. The summed E-state index contributed by atoms with van der Waals surface area (Å²) in [7, 11) is 0. The Bertz CT molecular complexity index is 992. The number of nitrogens with two attached hydrogens (primary N) is 1. The lowest BCUT2D eigenvalue weighted by molar-refractivity contribution is -0.137. The maximum absolute atomic E-state index is 12.7. The lowest BCUT2D eigenvalue weighted by Gasteiger charge is -2.12. The fourth-order valence-corrected chi connectivity index (χ4v) is 2.69. The van der Waals surface area contributed by atoms with E-state index in [4.69, 9.17) is 5.73 Å². The van der Waals surface area contributed by atoms with Gasteiger partial charge in [0.15, 0.2) is 0 Å². The third kappa shape index (κ3) is 3.46. The van der Waals surface area contributed by atoms with Crippen molar-refractivity contribution < 1.29 is 13.2 Å². The van der Waals surface area contributed by atoms with E-state index in [1.54, 1.807) is 18.2 Å². The van der Waals surface area contributed by atoms with E-state index >= 15 is 0 Å². The zero-order valence-electron chi connectivity index (χ0n) is 13.9. The Balaban J connectivity index is 2.09. The maximum atomic E-state index is 12.7. The van der Waals surface area contributed by atoms with Crippen LogP contribution in [-0.2, 0) is 12.6 Å². The van der Waals surface area contributed by atoms with Crippen LogP contribution >= 0.6 is 0 Å². The number of rotatable bonds is 3. The van der Waals surface area contributed by atoms with E-state index in [0.717, 1.165) is 22.4 Å². The molecule has 4 nitrogen and oxygen atoms in total. The number of benzene rings is 2. The Morgan fingerprint density at radius 2 is 1.77 bits per heavy atom. The minimum absolute atomic E-state index is 0.275. The monoisotopic (exact) mass is 359 g/mol. The summed E-state index contributed by atoms with van der Waals surface area (Å²) in [4.78, 5) is 12.5. The Labute approximate surface area is 147 Å². The molecule has 0 aliphatic carbocycles. The SMILES string of the molecule is CCc1nn(-c2ccc(C(F)(F)F)cc2)c(=O)cc1-c1cccc(N)c1. The van der Waals surface area contributed by atoms with Crippen LogP contribution in [-0.4, -0.2) is 9.78 Å². The number of aryl methyl sites for hydroxylation is 1. The highest BCUT2D eigenvalue weighted by Crippen LogP contribution is 2.29. The summed E-state index contributed by atoms with van der Waals surface area (Å²) in [5, 5.41) is 4.34. The van der Waals surface area contributed by atoms with Crippen molar-refractivity contribution in [3.8, 4) is 16.8 Å². The Hall–Kier alpha value is -3.09. The zero-order chi connectivity index (χ0) is 18.9. The summed E-state index contributed by atoms with van der Waals surface area (Å²) in [6, 6.07) is 12.9. The van der Waals surface area contributed by atoms with Gasteiger partial charge in [0.05, 0.1) is 16.9 Å². The standard InChI is InChI=1S/C19H16F3N3O/c1-2-17-16(12-4-3-5-14(23)10-12)11-18(26)25(24-17)15-8-6-13(7-9-15)19(20,21)22/h3-11H,2,23H2,1H3. The van der Waals surface area contributed by atoms with Crippen LogP contribution in [0.25, 0.3) is 16.8 Å². The molecule has 0 atom stereocenters. The first-order valence-corrected chi connectivity index (χ1v) is 7.96. The summed E-state index contributed by atoms with van der Waals surface area (Å²) in [5.74, 6) is 0. The summed E-state index contributed by atoms with van der Waals surface area (Å²) in [5.41, 5.74) is 7.51. The van der Waals surface area contributed by atoms with Crippen LogP contribution in [0.2, 0.25) is 0 Å². The van der Waals surface area contributed by atoms with Gasteiger partial charge in [0.1, 0.15) is 0 Å². The van der Waals surface area contributed by atoms with Crippen LogP contribution in [0, 0.1) is 0 Å². The molecule has 0 amide bonds. The van der Waals surface area contributed by atoms with Crippen molar-refractivity contribution in [2.75, 3.05) is 5.73 Å². The summed E-state index contributed by atoms with van der Waals surface area (Å²) in [6.07, 6.45) is -3.88. The molecular weight excluding hydrogens is 343 g/mol. The molecule has 0 fully saturated rings. The van der Waals surface area contributed by atoms with E-state index in [1.807, 2.05) is 13.0 Å². The van der Waals surface area contributed by atoms with Crippen molar-refractivity contribution in [1.82, 2.24) is 9.78 Å². The molecule has 2 N–H and O–H groups in total. The minimum atomic E-state index is -4.43. The van der Waals surface area contributed by atoms with Crippen molar-refractivity contribution in [1.29, 1.82) is 0 Å². The number of anilines is 1. The molecule has 0 aliphatic heterocycles. The second-order valence-electron chi connectivity index (χ2n) is 5.78. The molecule has 134 valence electrons. The van der Waals surface area contributed by atoms with Gasteiger partial charge in [-0.05, 0) is 48.4 Å². The first-order valence-electron chi connectivity index (χ1n) is 7.96. The van der Waals surface area contributed by atoms with E-state index in [-0.39, 0.29) is 5.69 Å². The third-order valence-corrected chi connectivity index (χ3v) is 3.98. The van der Waals surface area contributed by atoms with Gasteiger partial charge in [0.25, 0.3) is 5.56 Å². The van der Waals surface area contributed by atoms with Crippen molar-refractivity contribution in [3.63, 3.8) is 0 Å². The Kier molecular flexibility index (Phi) is 4.54. The number of hydrogen-bond donors (Lipinski definition) is 1. The molecule has 0 saturated heterocycles. The number of alkyl halides is 3. The molecule has 1 aromatic heterocycles. The molecule has 2 aromatic carbocycles. The zero-order valence-corrected chi connectivity index (χ0v) is 13.9. The smallest absolute Gasteiger partial charge is 0.399 e. The molecule has 7 heteroatoms. The highest BCUT2D eigenvalue weighted by atomic mass is 19.4. The average molecular weight is 359 g/mol. The average Bonchev–Trinajstić information content (AvgIpc) is 2.61. The molecule has 0 aliphatic rings. The molecule has 0 spiro atoms. The topological polar surface area (TPSA) is 60.9 Å². The van der Waals surface area contributed by atoms with Crippen LogP contribution < -0.4 is 11.3 Å². The third-order valence-electron chi connectivity index (χ3n) is 3.98. The number of halogens is 3. The minimum Gasteiger partial charge on any atom is -0.399 e. The van der Waals surface area contributed by atoms with Crippen LogP contribution in [0.4, 0.5) is 18.9 Å². The van der Waals surface area contributed by atoms with E-state index in [1.165, 1.54) is 18.2 Å².